The van der Waals surface area contributed by atoms with Crippen molar-refractivity contribution in [1.29, 1.82) is 0 Å². The van der Waals surface area contributed by atoms with Gasteiger partial charge in [0, 0.05) is 24.2 Å². The first-order chi connectivity index (χ1) is 11.5. The van der Waals surface area contributed by atoms with Crippen molar-refractivity contribution in [1.82, 2.24) is 10.2 Å². The van der Waals surface area contributed by atoms with Gasteiger partial charge in [-0.3, -0.25) is 9.69 Å². The van der Waals surface area contributed by atoms with Gasteiger partial charge in [-0.05, 0) is 49.9 Å². The average Bonchev–Trinajstić information content (AvgIpc) is 2.99. The van der Waals surface area contributed by atoms with Gasteiger partial charge in [-0.15, -0.1) is 0 Å². The molecule has 3 rings (SSSR count). The molecule has 2 fully saturated rings. The number of rotatable bonds is 4. The highest BCUT2D eigenvalue weighted by Crippen LogP contribution is 2.28. The van der Waals surface area contributed by atoms with Crippen LogP contribution in [0.3, 0.4) is 0 Å². The quantitative estimate of drug-likeness (QED) is 0.875. The molecule has 6 heteroatoms. The highest BCUT2D eigenvalue weighted by molar-refractivity contribution is 6.31. The third-order valence-electron chi connectivity index (χ3n) is 5.20. The molecule has 1 unspecified atom stereocenters. The lowest BCUT2D eigenvalue weighted by Crippen LogP contribution is -2.57. The highest BCUT2D eigenvalue weighted by atomic mass is 35.5. The lowest BCUT2D eigenvalue weighted by Gasteiger charge is -2.35. The van der Waals surface area contributed by atoms with Crippen LogP contribution in [0, 0.1) is 5.82 Å². The minimum absolute atomic E-state index is 0.00772. The second-order valence-electron chi connectivity index (χ2n) is 7.15. The SMILES string of the molecule is NC1(C(=O)NC2CCCN(Cc3ccc(F)cc3Cl)C2)CCCC1. The molecule has 132 valence electrons. The molecule has 1 heterocycles. The van der Waals surface area contributed by atoms with Crippen LogP contribution in [0.2, 0.25) is 5.02 Å². The number of amides is 1. The first-order valence-electron chi connectivity index (χ1n) is 8.72. The summed E-state index contributed by atoms with van der Waals surface area (Å²) < 4.78 is 13.2. The zero-order valence-corrected chi connectivity index (χ0v) is 14.6. The Kier molecular flexibility index (Phi) is 5.42. The van der Waals surface area contributed by atoms with Gasteiger partial charge in [-0.25, -0.2) is 4.39 Å². The van der Waals surface area contributed by atoms with Crippen molar-refractivity contribution in [3.8, 4) is 0 Å². The normalized spacial score (nSPS) is 24.0. The van der Waals surface area contributed by atoms with E-state index < -0.39 is 5.54 Å². The second-order valence-corrected chi connectivity index (χ2v) is 7.55. The Hall–Kier alpha value is -1.17. The Morgan fingerprint density at radius 2 is 2.12 bits per heavy atom. The maximum atomic E-state index is 13.2. The summed E-state index contributed by atoms with van der Waals surface area (Å²) in [6.45, 7) is 2.39. The van der Waals surface area contributed by atoms with Crippen molar-refractivity contribution in [2.24, 2.45) is 5.73 Å². The summed E-state index contributed by atoms with van der Waals surface area (Å²) in [4.78, 5) is 14.7. The molecule has 0 bridgehead atoms. The van der Waals surface area contributed by atoms with Crippen LogP contribution in [0.5, 0.6) is 0 Å². The van der Waals surface area contributed by atoms with Gasteiger partial charge in [0.1, 0.15) is 5.82 Å². The number of benzene rings is 1. The molecule has 1 atom stereocenters. The lowest BCUT2D eigenvalue weighted by molar-refractivity contribution is -0.127. The summed E-state index contributed by atoms with van der Waals surface area (Å²) in [5.74, 6) is -0.330. The molecule has 1 aromatic carbocycles. The van der Waals surface area contributed by atoms with Gasteiger partial charge in [-0.1, -0.05) is 30.5 Å². The van der Waals surface area contributed by atoms with Crippen LogP contribution in [0.15, 0.2) is 18.2 Å². The number of likely N-dealkylation sites (tertiary alicyclic amines) is 1. The van der Waals surface area contributed by atoms with Crippen molar-refractivity contribution in [3.63, 3.8) is 0 Å². The van der Waals surface area contributed by atoms with Gasteiger partial charge in [0.15, 0.2) is 0 Å². The van der Waals surface area contributed by atoms with E-state index in [-0.39, 0.29) is 17.8 Å². The van der Waals surface area contributed by atoms with Crippen molar-refractivity contribution in [3.05, 3.63) is 34.6 Å². The van der Waals surface area contributed by atoms with Crippen LogP contribution < -0.4 is 11.1 Å². The smallest absolute Gasteiger partial charge is 0.240 e. The van der Waals surface area contributed by atoms with Crippen LogP contribution in [0.25, 0.3) is 0 Å². The van der Waals surface area contributed by atoms with Crippen LogP contribution in [-0.4, -0.2) is 35.5 Å². The summed E-state index contributed by atoms with van der Waals surface area (Å²) >= 11 is 6.12. The molecular weight excluding hydrogens is 329 g/mol. The first-order valence-corrected chi connectivity index (χ1v) is 9.10. The number of piperidine rings is 1. The number of hydrogen-bond donors (Lipinski definition) is 2. The summed E-state index contributed by atoms with van der Waals surface area (Å²) in [6.07, 6.45) is 5.60. The highest BCUT2D eigenvalue weighted by Gasteiger charge is 2.38. The van der Waals surface area contributed by atoms with E-state index in [1.165, 1.54) is 12.1 Å². The molecule has 1 aromatic rings. The van der Waals surface area contributed by atoms with Crippen molar-refractivity contribution in [2.75, 3.05) is 13.1 Å². The van der Waals surface area contributed by atoms with Gasteiger partial charge in [0.05, 0.1) is 5.54 Å². The summed E-state index contributed by atoms with van der Waals surface area (Å²) in [6, 6.07) is 4.63. The molecule has 0 radical (unpaired) electrons. The predicted octanol–water partition coefficient (Wildman–Crippen LogP) is 2.83. The number of nitrogens with zero attached hydrogens (tertiary/aromatic N) is 1. The second kappa shape index (κ2) is 7.38. The average molecular weight is 354 g/mol. The Labute approximate surface area is 147 Å². The minimum atomic E-state index is -0.678. The lowest BCUT2D eigenvalue weighted by atomic mass is 9.96. The predicted molar refractivity (Wildman–Crippen MR) is 93.2 cm³/mol. The third kappa shape index (κ3) is 4.08. The molecular formula is C18H25ClFN3O. The maximum absolute atomic E-state index is 13.2. The van der Waals surface area contributed by atoms with Crippen LogP contribution in [-0.2, 0) is 11.3 Å². The van der Waals surface area contributed by atoms with E-state index in [0.29, 0.717) is 11.6 Å². The Bertz CT molecular complexity index is 604. The van der Waals surface area contributed by atoms with Gasteiger partial charge >= 0.3 is 0 Å². The number of hydrogen-bond acceptors (Lipinski definition) is 3. The monoisotopic (exact) mass is 353 g/mol. The van der Waals surface area contributed by atoms with Crippen molar-refractivity contribution >= 4 is 17.5 Å². The number of carbonyl (C=O) groups excluding carboxylic acids is 1. The van der Waals surface area contributed by atoms with E-state index in [4.69, 9.17) is 17.3 Å². The van der Waals surface area contributed by atoms with Crippen molar-refractivity contribution < 1.29 is 9.18 Å². The molecule has 1 aliphatic heterocycles. The third-order valence-corrected chi connectivity index (χ3v) is 5.55. The van der Waals surface area contributed by atoms with Crippen LogP contribution in [0.1, 0.15) is 44.1 Å². The van der Waals surface area contributed by atoms with Gasteiger partial charge < -0.3 is 11.1 Å². The molecule has 1 saturated heterocycles. The van der Waals surface area contributed by atoms with E-state index >= 15 is 0 Å². The van der Waals surface area contributed by atoms with Gasteiger partial charge in [0.2, 0.25) is 5.91 Å². The minimum Gasteiger partial charge on any atom is -0.350 e. The molecule has 1 saturated carbocycles. The van der Waals surface area contributed by atoms with Gasteiger partial charge in [-0.2, -0.15) is 0 Å². The summed E-state index contributed by atoms with van der Waals surface area (Å²) in [5.41, 5.74) is 6.47. The van der Waals surface area contributed by atoms with Crippen LogP contribution in [0.4, 0.5) is 4.39 Å². The number of carbonyl (C=O) groups is 1. The number of nitrogens with two attached hydrogens (primary N) is 1. The van der Waals surface area contributed by atoms with Crippen molar-refractivity contribution in [2.45, 2.75) is 56.7 Å². The topological polar surface area (TPSA) is 58.4 Å². The number of halogens is 2. The van der Waals surface area contributed by atoms with E-state index in [9.17, 15) is 9.18 Å². The van der Waals surface area contributed by atoms with Crippen LogP contribution >= 0.6 is 11.6 Å². The zero-order chi connectivity index (χ0) is 17.2. The maximum Gasteiger partial charge on any atom is 0.240 e. The number of nitrogens with one attached hydrogen (secondary N) is 1. The van der Waals surface area contributed by atoms with E-state index in [2.05, 4.69) is 10.2 Å². The first kappa shape index (κ1) is 17.6. The molecule has 4 nitrogen and oxygen atoms in total. The molecule has 1 aliphatic carbocycles. The standard InChI is InChI=1S/C18H25ClFN3O/c19-16-10-14(20)6-5-13(16)11-23-9-3-4-15(12-23)22-17(24)18(21)7-1-2-8-18/h5-6,10,15H,1-4,7-9,11-12,21H2,(H,22,24). The Morgan fingerprint density at radius 3 is 2.83 bits per heavy atom. The fourth-order valence-corrected chi connectivity index (χ4v) is 4.00. The molecule has 0 aromatic heterocycles. The van der Waals surface area contributed by atoms with E-state index in [1.807, 2.05) is 0 Å². The molecule has 1 amide bonds. The largest absolute Gasteiger partial charge is 0.350 e. The van der Waals surface area contributed by atoms with Gasteiger partial charge in [0.25, 0.3) is 0 Å². The Balaban J connectivity index is 1.57. The summed E-state index contributed by atoms with van der Waals surface area (Å²) in [5, 5.41) is 3.59. The Morgan fingerprint density at radius 1 is 1.38 bits per heavy atom. The molecule has 2 aliphatic rings. The zero-order valence-electron chi connectivity index (χ0n) is 13.9. The van der Waals surface area contributed by atoms with E-state index in [1.54, 1.807) is 6.07 Å². The molecule has 3 N–H and O–H groups in total. The fourth-order valence-electron chi connectivity index (χ4n) is 3.77. The molecule has 24 heavy (non-hydrogen) atoms. The summed E-state index contributed by atoms with van der Waals surface area (Å²) in [7, 11) is 0. The fraction of sp³-hybridized carbons (Fsp3) is 0.611. The molecule has 0 spiro atoms. The van der Waals surface area contributed by atoms with E-state index in [0.717, 1.165) is 57.2 Å².